The number of hydrogen-bond donors (Lipinski definition) is 1. The summed E-state index contributed by atoms with van der Waals surface area (Å²) >= 11 is 2.86. The van der Waals surface area contributed by atoms with Crippen LogP contribution in [0, 0.1) is 13.8 Å². The minimum Gasteiger partial charge on any atom is -0.497 e. The number of anilines is 1. The normalized spacial score (nSPS) is 10.8. The van der Waals surface area contributed by atoms with Crippen LogP contribution in [0.15, 0.2) is 34.7 Å². The van der Waals surface area contributed by atoms with Gasteiger partial charge in [0.1, 0.15) is 5.75 Å². The number of ether oxygens (including phenoxy) is 1. The summed E-state index contributed by atoms with van der Waals surface area (Å²) in [6, 6.07) is 9.76. The van der Waals surface area contributed by atoms with Crippen molar-refractivity contribution < 1.29 is 9.53 Å². The summed E-state index contributed by atoms with van der Waals surface area (Å²) < 4.78 is 8.08. The highest BCUT2D eigenvalue weighted by Crippen LogP contribution is 2.28. The van der Waals surface area contributed by atoms with Crippen molar-refractivity contribution in [2.24, 2.45) is 0 Å². The molecule has 1 N–H and O–H groups in total. The molecule has 8 heteroatoms. The molecule has 0 saturated carbocycles. The van der Waals surface area contributed by atoms with Crippen LogP contribution in [0.5, 0.6) is 5.75 Å². The second kappa shape index (κ2) is 7.92. The number of nitrogens with zero attached hydrogens (tertiary/aromatic N) is 3. The third-order valence-electron chi connectivity index (χ3n) is 4.01. The highest BCUT2D eigenvalue weighted by Gasteiger charge is 2.17. The highest BCUT2D eigenvalue weighted by molar-refractivity contribution is 8.01. The maximum Gasteiger partial charge on any atom is 0.206 e. The molecule has 6 nitrogen and oxygen atoms in total. The fourth-order valence-electron chi connectivity index (χ4n) is 2.75. The fourth-order valence-corrected chi connectivity index (χ4v) is 4.34. The van der Waals surface area contributed by atoms with Crippen LogP contribution in [0.4, 0.5) is 5.13 Å². The summed E-state index contributed by atoms with van der Waals surface area (Å²) in [5.74, 6) is 1.23. The van der Waals surface area contributed by atoms with Crippen molar-refractivity contribution in [2.45, 2.75) is 18.2 Å². The van der Waals surface area contributed by atoms with Gasteiger partial charge >= 0.3 is 0 Å². The first-order chi connectivity index (χ1) is 12.5. The lowest BCUT2D eigenvalue weighted by molar-refractivity contribution is 0.102. The van der Waals surface area contributed by atoms with Gasteiger partial charge in [-0.1, -0.05) is 23.1 Å². The highest BCUT2D eigenvalue weighted by atomic mass is 32.2. The van der Waals surface area contributed by atoms with E-state index >= 15 is 0 Å². The number of ketones is 1. The van der Waals surface area contributed by atoms with Gasteiger partial charge in [-0.3, -0.25) is 4.79 Å². The number of aryl methyl sites for hydroxylation is 1. The van der Waals surface area contributed by atoms with Crippen LogP contribution in [0.2, 0.25) is 0 Å². The number of carbonyl (C=O) groups excluding carboxylic acids is 1. The van der Waals surface area contributed by atoms with Crippen molar-refractivity contribution in [3.05, 3.63) is 47.3 Å². The van der Waals surface area contributed by atoms with Gasteiger partial charge in [0.15, 0.2) is 10.1 Å². The van der Waals surface area contributed by atoms with Crippen molar-refractivity contribution in [2.75, 3.05) is 25.2 Å². The molecule has 26 heavy (non-hydrogen) atoms. The Labute approximate surface area is 160 Å². The van der Waals surface area contributed by atoms with E-state index in [1.807, 2.05) is 44.2 Å². The number of Topliss-reactive ketones (excluding diaryl/α,β-unsaturated/α-hetero) is 1. The van der Waals surface area contributed by atoms with E-state index in [1.165, 1.54) is 23.1 Å². The van der Waals surface area contributed by atoms with Gasteiger partial charge in [0, 0.05) is 29.7 Å². The zero-order valence-electron chi connectivity index (χ0n) is 15.1. The summed E-state index contributed by atoms with van der Waals surface area (Å²) in [5, 5.41) is 11.7. The molecule has 0 spiro atoms. The van der Waals surface area contributed by atoms with Crippen molar-refractivity contribution >= 4 is 34.0 Å². The van der Waals surface area contributed by atoms with Gasteiger partial charge in [-0.15, -0.1) is 10.2 Å². The van der Waals surface area contributed by atoms with E-state index in [9.17, 15) is 4.79 Å². The van der Waals surface area contributed by atoms with Gasteiger partial charge < -0.3 is 14.6 Å². The predicted molar refractivity (Wildman–Crippen MR) is 106 cm³/mol. The van der Waals surface area contributed by atoms with E-state index in [2.05, 4.69) is 20.1 Å². The average Bonchev–Trinajstić information content (AvgIpc) is 3.24. The molecular formula is C18H20N4O2S2. The molecule has 0 fully saturated rings. The molecule has 136 valence electrons. The van der Waals surface area contributed by atoms with Gasteiger partial charge in [0.2, 0.25) is 5.13 Å². The Hall–Kier alpha value is -2.32. The number of benzene rings is 1. The Morgan fingerprint density at radius 1 is 1.27 bits per heavy atom. The van der Waals surface area contributed by atoms with Crippen LogP contribution in [0.1, 0.15) is 21.7 Å². The summed E-state index contributed by atoms with van der Waals surface area (Å²) in [6.45, 7) is 3.98. The average molecular weight is 389 g/mol. The first-order valence-corrected chi connectivity index (χ1v) is 9.84. The number of aromatic nitrogens is 3. The Morgan fingerprint density at radius 2 is 2.00 bits per heavy atom. The monoisotopic (exact) mass is 388 g/mol. The third kappa shape index (κ3) is 3.76. The first kappa shape index (κ1) is 18.5. The van der Waals surface area contributed by atoms with Gasteiger partial charge in [-0.05, 0) is 44.2 Å². The number of carbonyl (C=O) groups is 1. The van der Waals surface area contributed by atoms with Crippen LogP contribution < -0.4 is 10.1 Å². The van der Waals surface area contributed by atoms with E-state index in [4.69, 9.17) is 4.74 Å². The lowest BCUT2D eigenvalue weighted by Crippen LogP contribution is -2.05. The Morgan fingerprint density at radius 3 is 2.62 bits per heavy atom. The molecule has 2 heterocycles. The van der Waals surface area contributed by atoms with E-state index in [0.29, 0.717) is 5.75 Å². The quantitative estimate of drug-likeness (QED) is 0.488. The van der Waals surface area contributed by atoms with Crippen molar-refractivity contribution in [3.63, 3.8) is 0 Å². The maximum absolute atomic E-state index is 12.7. The van der Waals surface area contributed by atoms with Crippen LogP contribution >= 0.6 is 23.1 Å². The molecule has 0 saturated heterocycles. The maximum atomic E-state index is 12.7. The van der Waals surface area contributed by atoms with Crippen LogP contribution in [-0.4, -0.2) is 40.5 Å². The Kier molecular flexibility index (Phi) is 5.63. The number of nitrogens with one attached hydrogen (secondary N) is 1. The summed E-state index contributed by atoms with van der Waals surface area (Å²) in [7, 11) is 3.45. The van der Waals surface area contributed by atoms with Crippen molar-refractivity contribution in [1.82, 2.24) is 14.8 Å². The number of rotatable bonds is 7. The lowest BCUT2D eigenvalue weighted by atomic mass is 10.2. The minimum atomic E-state index is 0.0871. The summed E-state index contributed by atoms with van der Waals surface area (Å²) in [5.41, 5.74) is 3.71. The zero-order valence-corrected chi connectivity index (χ0v) is 16.7. The number of thioether (sulfide) groups is 1. The van der Waals surface area contributed by atoms with Crippen LogP contribution in [0.3, 0.4) is 0 Å². The van der Waals surface area contributed by atoms with Crippen molar-refractivity contribution in [3.8, 4) is 11.4 Å². The predicted octanol–water partition coefficient (Wildman–Crippen LogP) is 3.97. The molecule has 0 aliphatic heterocycles. The molecular weight excluding hydrogens is 368 g/mol. The van der Waals surface area contributed by atoms with E-state index in [0.717, 1.165) is 37.9 Å². The molecule has 0 radical (unpaired) electrons. The molecule has 0 atom stereocenters. The molecule has 0 unspecified atom stereocenters. The van der Waals surface area contributed by atoms with Crippen LogP contribution in [0.25, 0.3) is 5.69 Å². The smallest absolute Gasteiger partial charge is 0.206 e. The van der Waals surface area contributed by atoms with E-state index in [-0.39, 0.29) is 5.78 Å². The second-order valence-corrected chi connectivity index (χ2v) is 7.85. The molecule has 0 bridgehead atoms. The van der Waals surface area contributed by atoms with E-state index < -0.39 is 0 Å². The molecule has 2 aromatic heterocycles. The van der Waals surface area contributed by atoms with Gasteiger partial charge in [0.25, 0.3) is 0 Å². The Balaban J connectivity index is 1.78. The molecule has 0 aliphatic rings. The standard InChI is InChI=1S/C18H20N4O2S2/c1-11-9-15(16(23)10-25-18-21-20-17(19-3)26-18)12(2)22(11)13-5-7-14(24-4)8-6-13/h5-9H,10H2,1-4H3,(H,19,20). The topological polar surface area (TPSA) is 69.0 Å². The van der Waals surface area contributed by atoms with E-state index in [1.54, 1.807) is 14.2 Å². The SMILES string of the molecule is CNc1nnc(SCC(=O)c2cc(C)n(-c3ccc(OC)cc3)c2C)s1. The number of methoxy groups -OCH3 is 1. The zero-order chi connectivity index (χ0) is 18.7. The molecule has 0 amide bonds. The Bertz CT molecular complexity index is 916. The largest absolute Gasteiger partial charge is 0.497 e. The van der Waals surface area contributed by atoms with Crippen molar-refractivity contribution in [1.29, 1.82) is 0 Å². The second-order valence-electron chi connectivity index (χ2n) is 5.65. The third-order valence-corrected chi connectivity index (χ3v) is 6.08. The van der Waals surface area contributed by atoms with Gasteiger partial charge in [-0.2, -0.15) is 0 Å². The molecule has 3 rings (SSSR count). The molecule has 1 aromatic carbocycles. The molecule has 0 aliphatic carbocycles. The van der Waals surface area contributed by atoms with Gasteiger partial charge in [-0.25, -0.2) is 0 Å². The van der Waals surface area contributed by atoms with Gasteiger partial charge in [0.05, 0.1) is 12.9 Å². The van der Waals surface area contributed by atoms with Crippen LogP contribution in [-0.2, 0) is 0 Å². The summed E-state index contributed by atoms with van der Waals surface area (Å²) in [4.78, 5) is 12.7. The number of hydrogen-bond acceptors (Lipinski definition) is 7. The fraction of sp³-hybridized carbons (Fsp3) is 0.278. The minimum absolute atomic E-state index is 0.0871. The summed E-state index contributed by atoms with van der Waals surface area (Å²) in [6.07, 6.45) is 0. The first-order valence-electron chi connectivity index (χ1n) is 8.04. The lowest BCUT2D eigenvalue weighted by Gasteiger charge is -2.10. The molecule has 3 aromatic rings.